The molecule has 7 heteroatoms. The Morgan fingerprint density at radius 1 is 1.58 bits per heavy atom. The number of rotatable bonds is 5. The minimum absolute atomic E-state index is 0.172. The molecule has 2 heterocycles. The topological polar surface area (TPSA) is 71.8 Å². The van der Waals surface area contributed by atoms with Gasteiger partial charge in [-0.3, -0.25) is 0 Å². The van der Waals surface area contributed by atoms with Crippen LogP contribution in [-0.4, -0.2) is 27.3 Å². The fourth-order valence-corrected chi connectivity index (χ4v) is 2.46. The number of aryl methyl sites for hydroxylation is 1. The van der Waals surface area contributed by atoms with Crippen molar-refractivity contribution in [2.24, 2.45) is 7.05 Å². The van der Waals surface area contributed by atoms with Crippen LogP contribution >= 0.6 is 11.3 Å². The summed E-state index contributed by atoms with van der Waals surface area (Å²) in [6.45, 7) is 2.50. The van der Waals surface area contributed by atoms with Crippen molar-refractivity contribution in [1.29, 1.82) is 0 Å². The van der Waals surface area contributed by atoms with Gasteiger partial charge in [0.15, 0.2) is 5.82 Å². The maximum atomic E-state index is 11.7. The van der Waals surface area contributed by atoms with Crippen LogP contribution < -0.4 is 10.6 Å². The smallest absolute Gasteiger partial charge is 0.315 e. The molecule has 2 rings (SSSR count). The molecule has 0 aliphatic heterocycles. The van der Waals surface area contributed by atoms with E-state index < -0.39 is 0 Å². The molecule has 0 spiro atoms. The Kier molecular flexibility index (Phi) is 4.51. The summed E-state index contributed by atoms with van der Waals surface area (Å²) >= 11 is 1.70. The Morgan fingerprint density at radius 3 is 3.05 bits per heavy atom. The van der Waals surface area contributed by atoms with Gasteiger partial charge < -0.3 is 15.2 Å². The van der Waals surface area contributed by atoms with Gasteiger partial charge in [0.05, 0.1) is 6.04 Å². The molecule has 19 heavy (non-hydrogen) atoms. The molecule has 0 aliphatic rings. The fourth-order valence-electron chi connectivity index (χ4n) is 1.75. The minimum Gasteiger partial charge on any atom is -0.338 e. The molecule has 0 radical (unpaired) electrons. The summed E-state index contributed by atoms with van der Waals surface area (Å²) in [5, 5.41) is 15.4. The molecule has 6 nitrogen and oxygen atoms in total. The number of hydrogen-bond acceptors (Lipinski definition) is 4. The van der Waals surface area contributed by atoms with E-state index in [0.29, 0.717) is 6.54 Å². The van der Waals surface area contributed by atoms with E-state index in [1.54, 1.807) is 22.2 Å². The predicted molar refractivity (Wildman–Crippen MR) is 74.0 cm³/mol. The van der Waals surface area contributed by atoms with E-state index in [1.165, 1.54) is 4.88 Å². The first-order valence-electron chi connectivity index (χ1n) is 6.07. The van der Waals surface area contributed by atoms with Crippen LogP contribution in [-0.2, 0) is 13.5 Å². The first-order chi connectivity index (χ1) is 9.16. The Bertz CT molecular complexity index is 522. The largest absolute Gasteiger partial charge is 0.338 e. The molecule has 0 aromatic carbocycles. The lowest BCUT2D eigenvalue weighted by Crippen LogP contribution is -2.38. The highest BCUT2D eigenvalue weighted by atomic mass is 32.1. The third kappa shape index (κ3) is 3.78. The molecule has 2 aromatic rings. The third-order valence-electron chi connectivity index (χ3n) is 2.72. The first kappa shape index (κ1) is 13.5. The number of nitrogens with one attached hydrogen (secondary N) is 2. The lowest BCUT2D eigenvalue weighted by atomic mass is 10.3. The van der Waals surface area contributed by atoms with Gasteiger partial charge in [-0.2, -0.15) is 0 Å². The molecular formula is C12H17N5OS. The van der Waals surface area contributed by atoms with Crippen molar-refractivity contribution in [3.8, 4) is 0 Å². The Hall–Kier alpha value is -1.89. The second-order valence-corrected chi connectivity index (χ2v) is 5.28. The highest BCUT2D eigenvalue weighted by molar-refractivity contribution is 7.09. The zero-order chi connectivity index (χ0) is 13.7. The van der Waals surface area contributed by atoms with Gasteiger partial charge in [0.25, 0.3) is 0 Å². The number of carbonyl (C=O) groups excluding carboxylic acids is 1. The lowest BCUT2D eigenvalue weighted by Gasteiger charge is -2.13. The average Bonchev–Trinajstić information content (AvgIpc) is 3.00. The van der Waals surface area contributed by atoms with Gasteiger partial charge in [0, 0.05) is 18.5 Å². The summed E-state index contributed by atoms with van der Waals surface area (Å²) in [4.78, 5) is 13.0. The molecule has 0 bridgehead atoms. The molecule has 2 amide bonds. The maximum absolute atomic E-state index is 11.7. The second-order valence-electron chi connectivity index (χ2n) is 4.25. The number of carbonyl (C=O) groups is 1. The van der Waals surface area contributed by atoms with E-state index in [1.807, 2.05) is 25.4 Å². The van der Waals surface area contributed by atoms with Gasteiger partial charge in [0.1, 0.15) is 6.33 Å². The van der Waals surface area contributed by atoms with E-state index in [9.17, 15) is 4.79 Å². The van der Waals surface area contributed by atoms with Gasteiger partial charge >= 0.3 is 6.03 Å². The quantitative estimate of drug-likeness (QED) is 0.871. The SMILES string of the molecule is CC(NC(=O)NCCc1cccs1)c1nncn1C. The summed E-state index contributed by atoms with van der Waals surface area (Å²) in [6.07, 6.45) is 2.46. The Balaban J connectivity index is 1.74. The van der Waals surface area contributed by atoms with Crippen molar-refractivity contribution in [1.82, 2.24) is 25.4 Å². The Morgan fingerprint density at radius 2 is 2.42 bits per heavy atom. The molecule has 0 fully saturated rings. The number of hydrogen-bond donors (Lipinski definition) is 2. The average molecular weight is 279 g/mol. The molecular weight excluding hydrogens is 262 g/mol. The van der Waals surface area contributed by atoms with Crippen LogP contribution in [0.1, 0.15) is 23.7 Å². The number of amides is 2. The molecule has 0 saturated carbocycles. The summed E-state index contributed by atoms with van der Waals surface area (Å²) in [7, 11) is 1.85. The van der Waals surface area contributed by atoms with E-state index in [-0.39, 0.29) is 12.1 Å². The van der Waals surface area contributed by atoms with Gasteiger partial charge in [0.2, 0.25) is 0 Å². The van der Waals surface area contributed by atoms with Crippen molar-refractivity contribution < 1.29 is 4.79 Å². The van der Waals surface area contributed by atoms with Crippen molar-refractivity contribution >= 4 is 17.4 Å². The van der Waals surface area contributed by atoms with Crippen LogP contribution in [0.25, 0.3) is 0 Å². The molecule has 0 aliphatic carbocycles. The van der Waals surface area contributed by atoms with Crippen molar-refractivity contribution in [3.05, 3.63) is 34.5 Å². The van der Waals surface area contributed by atoms with Crippen LogP contribution in [0.3, 0.4) is 0 Å². The predicted octanol–water partition coefficient (Wildman–Crippen LogP) is 1.48. The standard InChI is InChI=1S/C12H17N5OS/c1-9(11-16-14-8-17(11)2)15-12(18)13-6-5-10-4-3-7-19-10/h3-4,7-9H,5-6H2,1-2H3,(H2,13,15,18). The van der Waals surface area contributed by atoms with Crippen LogP contribution in [0.15, 0.2) is 23.8 Å². The van der Waals surface area contributed by atoms with Gasteiger partial charge in [-0.25, -0.2) is 4.79 Å². The first-order valence-corrected chi connectivity index (χ1v) is 6.95. The van der Waals surface area contributed by atoms with Crippen LogP contribution in [0.2, 0.25) is 0 Å². The Labute approximate surface area is 115 Å². The summed E-state index contributed by atoms with van der Waals surface area (Å²) in [5.74, 6) is 0.730. The van der Waals surface area contributed by atoms with Crippen molar-refractivity contribution in [2.45, 2.75) is 19.4 Å². The lowest BCUT2D eigenvalue weighted by molar-refractivity contribution is 0.237. The monoisotopic (exact) mass is 279 g/mol. The van der Waals surface area contributed by atoms with Gasteiger partial charge in [-0.15, -0.1) is 21.5 Å². The van der Waals surface area contributed by atoms with Crippen LogP contribution in [0.5, 0.6) is 0 Å². The molecule has 1 atom stereocenters. The third-order valence-corrected chi connectivity index (χ3v) is 3.65. The summed E-state index contributed by atoms with van der Waals surface area (Å²) in [6, 6.07) is 3.71. The second kappa shape index (κ2) is 6.33. The summed E-state index contributed by atoms with van der Waals surface area (Å²) in [5.41, 5.74) is 0. The minimum atomic E-state index is -0.188. The molecule has 2 aromatic heterocycles. The van der Waals surface area contributed by atoms with Crippen molar-refractivity contribution in [3.63, 3.8) is 0 Å². The van der Waals surface area contributed by atoms with Gasteiger partial charge in [-0.05, 0) is 24.8 Å². The number of thiophene rings is 1. The van der Waals surface area contributed by atoms with E-state index in [2.05, 4.69) is 26.9 Å². The number of nitrogens with zero attached hydrogens (tertiary/aromatic N) is 3. The molecule has 2 N–H and O–H groups in total. The van der Waals surface area contributed by atoms with Gasteiger partial charge in [-0.1, -0.05) is 6.07 Å². The number of urea groups is 1. The molecule has 0 saturated heterocycles. The normalized spacial score (nSPS) is 12.1. The highest BCUT2D eigenvalue weighted by Crippen LogP contribution is 2.08. The van der Waals surface area contributed by atoms with E-state index in [4.69, 9.17) is 0 Å². The van der Waals surface area contributed by atoms with E-state index >= 15 is 0 Å². The van der Waals surface area contributed by atoms with Crippen LogP contribution in [0, 0.1) is 0 Å². The fraction of sp³-hybridized carbons (Fsp3) is 0.417. The molecule has 1 unspecified atom stereocenters. The zero-order valence-electron chi connectivity index (χ0n) is 11.0. The maximum Gasteiger partial charge on any atom is 0.315 e. The highest BCUT2D eigenvalue weighted by Gasteiger charge is 2.13. The summed E-state index contributed by atoms with van der Waals surface area (Å²) < 4.78 is 1.79. The number of aromatic nitrogens is 3. The van der Waals surface area contributed by atoms with Crippen LogP contribution in [0.4, 0.5) is 4.79 Å². The zero-order valence-corrected chi connectivity index (χ0v) is 11.8. The van der Waals surface area contributed by atoms with E-state index in [0.717, 1.165) is 12.2 Å². The molecule has 102 valence electrons. The van der Waals surface area contributed by atoms with Crippen molar-refractivity contribution in [2.75, 3.05) is 6.54 Å².